The van der Waals surface area contributed by atoms with E-state index in [0.717, 1.165) is 12.8 Å². The van der Waals surface area contributed by atoms with Crippen LogP contribution in [0.3, 0.4) is 0 Å². The van der Waals surface area contributed by atoms with E-state index in [1.54, 1.807) is 0 Å². The van der Waals surface area contributed by atoms with Crippen molar-refractivity contribution in [3.63, 3.8) is 0 Å². The number of benzene rings is 6. The molecule has 0 saturated heterocycles. The van der Waals surface area contributed by atoms with Gasteiger partial charge in [-0.1, -0.05) is 235 Å². The molecule has 0 aromatic heterocycles. The maximum absolute atomic E-state index is 2.27. The predicted molar refractivity (Wildman–Crippen MR) is 229 cm³/mol. The first-order chi connectivity index (χ1) is 24.9. The van der Waals surface area contributed by atoms with Crippen LogP contribution in [0.5, 0.6) is 0 Å². The third-order valence-electron chi connectivity index (χ3n) is 8.33. The maximum atomic E-state index is 2.27. The number of hydrogen-bond acceptors (Lipinski definition) is 0. The van der Waals surface area contributed by atoms with Crippen LogP contribution in [0.4, 0.5) is 0 Å². The van der Waals surface area contributed by atoms with Gasteiger partial charge in [0.05, 0.1) is 5.41 Å². The van der Waals surface area contributed by atoms with Crippen molar-refractivity contribution in [3.8, 4) is 0 Å². The fourth-order valence-electron chi connectivity index (χ4n) is 5.78. The molecular formula is C51H66. The van der Waals surface area contributed by atoms with Gasteiger partial charge in [-0.05, 0) is 73.9 Å². The Labute approximate surface area is 313 Å². The van der Waals surface area contributed by atoms with E-state index in [2.05, 4.69) is 185 Å². The number of rotatable bonds is 7. The lowest BCUT2D eigenvalue weighted by Gasteiger charge is -2.37. The molecule has 0 N–H and O–H groups in total. The highest BCUT2D eigenvalue weighted by molar-refractivity contribution is 5.60. The quantitative estimate of drug-likeness (QED) is 0.147. The van der Waals surface area contributed by atoms with Crippen molar-refractivity contribution in [3.05, 3.63) is 213 Å². The highest BCUT2D eigenvalue weighted by atomic mass is 14.4. The zero-order valence-electron chi connectivity index (χ0n) is 33.9. The summed E-state index contributed by atoms with van der Waals surface area (Å²) in [7, 11) is 0. The van der Waals surface area contributed by atoms with Gasteiger partial charge in [0.25, 0.3) is 0 Å². The van der Waals surface area contributed by atoms with Crippen molar-refractivity contribution in [2.24, 2.45) is 0 Å². The molecular weight excluding hydrogens is 613 g/mol. The van der Waals surface area contributed by atoms with Crippen molar-refractivity contribution < 1.29 is 0 Å². The molecule has 0 aliphatic rings. The average molecular weight is 679 g/mol. The summed E-state index contributed by atoms with van der Waals surface area (Å²) in [6.07, 6.45) is 2.26. The van der Waals surface area contributed by atoms with E-state index in [-0.39, 0.29) is 5.41 Å². The molecule has 0 fully saturated rings. The van der Waals surface area contributed by atoms with Gasteiger partial charge in [-0.2, -0.15) is 0 Å². The third-order valence-corrected chi connectivity index (χ3v) is 8.33. The third kappa shape index (κ3) is 13.2. The Morgan fingerprint density at radius 3 is 0.745 bits per heavy atom. The van der Waals surface area contributed by atoms with Crippen LogP contribution in [0.15, 0.2) is 158 Å². The van der Waals surface area contributed by atoms with E-state index in [9.17, 15) is 0 Å². The SMILES string of the molecule is CC.CC.CC.CC.Cc1ccc(C(c2ccccc2)(c2ccccc2)c2ccc(C)cc2)cc1.Cc1ccc(CCc2ccc(C)cc2)cc1. The molecule has 51 heavy (non-hydrogen) atoms. The summed E-state index contributed by atoms with van der Waals surface area (Å²) in [5.74, 6) is 0. The van der Waals surface area contributed by atoms with Crippen LogP contribution in [0, 0.1) is 27.7 Å². The molecule has 0 heteroatoms. The standard InChI is InChI=1S/C27H24.C16H18.4C2H6/c1-21-13-17-25(18-14-21)27(23-9-5-3-6-10-23,24-11-7-4-8-12-24)26-19-15-22(2)16-20-26;1-13-3-7-15(8-4-13)11-12-16-9-5-14(2)6-10-16;4*1-2/h3-20H,1-2H3;3-10H,11-12H2,1-2H3;4*1-2H3. The highest BCUT2D eigenvalue weighted by Gasteiger charge is 2.38. The molecule has 0 saturated carbocycles. The van der Waals surface area contributed by atoms with Crippen LogP contribution >= 0.6 is 0 Å². The molecule has 0 heterocycles. The molecule has 0 bridgehead atoms. The lowest BCUT2D eigenvalue weighted by molar-refractivity contribution is 0.744. The summed E-state index contributed by atoms with van der Waals surface area (Å²) in [6, 6.07) is 57.3. The molecule has 0 aliphatic carbocycles. The van der Waals surface area contributed by atoms with Crippen molar-refractivity contribution in [1.82, 2.24) is 0 Å². The first-order valence-corrected chi connectivity index (χ1v) is 19.3. The average Bonchev–Trinajstić information content (AvgIpc) is 3.21. The summed E-state index contributed by atoms with van der Waals surface area (Å²) >= 11 is 0. The summed E-state index contributed by atoms with van der Waals surface area (Å²) in [5, 5.41) is 0. The molecule has 0 nitrogen and oxygen atoms in total. The van der Waals surface area contributed by atoms with Gasteiger partial charge in [-0.15, -0.1) is 0 Å². The van der Waals surface area contributed by atoms with Gasteiger partial charge < -0.3 is 0 Å². The van der Waals surface area contributed by atoms with E-state index >= 15 is 0 Å². The molecule has 0 aliphatic heterocycles. The van der Waals surface area contributed by atoms with Crippen molar-refractivity contribution in [2.75, 3.05) is 0 Å². The Hall–Kier alpha value is -4.68. The van der Waals surface area contributed by atoms with E-state index in [4.69, 9.17) is 0 Å². The largest absolute Gasteiger partial charge is 0.0701 e. The molecule has 6 aromatic rings. The van der Waals surface area contributed by atoms with Crippen LogP contribution in [0.1, 0.15) is 111 Å². The van der Waals surface area contributed by atoms with Crippen molar-refractivity contribution in [2.45, 2.75) is 101 Å². The summed E-state index contributed by atoms with van der Waals surface area (Å²) < 4.78 is 0. The van der Waals surface area contributed by atoms with Gasteiger partial charge in [-0.3, -0.25) is 0 Å². The minimum Gasteiger partial charge on any atom is -0.0683 e. The molecule has 0 unspecified atom stereocenters. The number of aryl methyl sites for hydroxylation is 6. The molecule has 0 amide bonds. The zero-order chi connectivity index (χ0) is 38.1. The topological polar surface area (TPSA) is 0 Å². The van der Waals surface area contributed by atoms with Gasteiger partial charge in [0.1, 0.15) is 0 Å². The molecule has 0 spiro atoms. The summed E-state index contributed by atoms with van der Waals surface area (Å²) in [4.78, 5) is 0. The Kier molecular flexibility index (Phi) is 22.0. The van der Waals surface area contributed by atoms with Crippen LogP contribution in [-0.2, 0) is 18.3 Å². The van der Waals surface area contributed by atoms with Crippen LogP contribution in [-0.4, -0.2) is 0 Å². The second-order valence-corrected chi connectivity index (χ2v) is 11.7. The van der Waals surface area contributed by atoms with Gasteiger partial charge >= 0.3 is 0 Å². The lowest BCUT2D eigenvalue weighted by Crippen LogP contribution is -2.31. The van der Waals surface area contributed by atoms with Crippen LogP contribution < -0.4 is 0 Å². The van der Waals surface area contributed by atoms with Gasteiger partial charge in [0.15, 0.2) is 0 Å². The smallest absolute Gasteiger partial charge is 0.0683 e. The Morgan fingerprint density at radius 1 is 0.275 bits per heavy atom. The summed E-state index contributed by atoms with van der Waals surface area (Å²) in [5.41, 5.74) is 12.9. The Bertz CT molecular complexity index is 1540. The van der Waals surface area contributed by atoms with Crippen LogP contribution in [0.25, 0.3) is 0 Å². The Balaban J connectivity index is 0.000000463. The monoisotopic (exact) mass is 679 g/mol. The maximum Gasteiger partial charge on any atom is 0.0701 e. The van der Waals surface area contributed by atoms with Gasteiger partial charge in [-0.25, -0.2) is 0 Å². The van der Waals surface area contributed by atoms with Crippen molar-refractivity contribution >= 4 is 0 Å². The van der Waals surface area contributed by atoms with E-state index in [0.29, 0.717) is 0 Å². The minimum atomic E-state index is -0.343. The first-order valence-electron chi connectivity index (χ1n) is 19.3. The van der Waals surface area contributed by atoms with Crippen molar-refractivity contribution in [1.29, 1.82) is 0 Å². The van der Waals surface area contributed by atoms with E-state index in [1.807, 2.05) is 55.4 Å². The van der Waals surface area contributed by atoms with E-state index < -0.39 is 0 Å². The molecule has 6 aromatic carbocycles. The molecule has 6 rings (SSSR count). The predicted octanol–water partition coefficient (Wildman–Crippen LogP) is 14.9. The van der Waals surface area contributed by atoms with Gasteiger partial charge in [0, 0.05) is 0 Å². The second-order valence-electron chi connectivity index (χ2n) is 11.7. The lowest BCUT2D eigenvalue weighted by atomic mass is 9.65. The molecule has 0 radical (unpaired) electrons. The second kappa shape index (κ2) is 25.3. The summed E-state index contributed by atoms with van der Waals surface area (Å²) in [6.45, 7) is 24.5. The fourth-order valence-corrected chi connectivity index (χ4v) is 5.78. The fraction of sp³-hybridized carbons (Fsp3) is 0.294. The molecule has 0 atom stereocenters. The normalized spacial score (nSPS) is 9.73. The first kappa shape index (κ1) is 44.3. The molecule has 270 valence electrons. The van der Waals surface area contributed by atoms with E-state index in [1.165, 1.54) is 55.6 Å². The zero-order valence-corrected chi connectivity index (χ0v) is 33.9. The van der Waals surface area contributed by atoms with Gasteiger partial charge in [0.2, 0.25) is 0 Å². The minimum absolute atomic E-state index is 0.343. The highest BCUT2D eigenvalue weighted by Crippen LogP contribution is 2.45. The van der Waals surface area contributed by atoms with Crippen LogP contribution in [0.2, 0.25) is 0 Å². The Morgan fingerprint density at radius 2 is 0.490 bits per heavy atom. The number of hydrogen-bond donors (Lipinski definition) is 0.